The van der Waals surface area contributed by atoms with Crippen molar-refractivity contribution in [3.8, 4) is 0 Å². The quantitative estimate of drug-likeness (QED) is 0.927. The third kappa shape index (κ3) is 2.93. The van der Waals surface area contributed by atoms with E-state index in [1.165, 1.54) is 5.01 Å². The molecule has 1 saturated carbocycles. The third-order valence-electron chi connectivity index (χ3n) is 3.88. The molecule has 1 aliphatic heterocycles. The average molecular weight is 306 g/mol. The van der Waals surface area contributed by atoms with E-state index in [2.05, 4.69) is 10.4 Å². The van der Waals surface area contributed by atoms with Gasteiger partial charge in [-0.25, -0.2) is 5.01 Å². The van der Waals surface area contributed by atoms with E-state index in [0.29, 0.717) is 18.6 Å². The molecule has 5 nitrogen and oxygen atoms in total. The van der Waals surface area contributed by atoms with E-state index in [4.69, 9.17) is 11.6 Å². The first-order valence-corrected chi connectivity index (χ1v) is 7.33. The normalized spacial score (nSPS) is 24.6. The molecule has 2 atom stereocenters. The Kier molecular flexibility index (Phi) is 3.68. The predicted octanol–water partition coefficient (Wildman–Crippen LogP) is 1.92. The van der Waals surface area contributed by atoms with E-state index in [-0.39, 0.29) is 23.8 Å². The summed E-state index contributed by atoms with van der Waals surface area (Å²) in [5, 5.41) is 8.96. The first-order valence-electron chi connectivity index (χ1n) is 6.95. The van der Waals surface area contributed by atoms with E-state index in [0.717, 1.165) is 17.0 Å². The highest BCUT2D eigenvalue weighted by atomic mass is 35.5. The van der Waals surface area contributed by atoms with Crippen LogP contribution in [0.15, 0.2) is 29.4 Å². The van der Waals surface area contributed by atoms with Gasteiger partial charge in [0.25, 0.3) is 5.91 Å². The maximum absolute atomic E-state index is 12.1. The van der Waals surface area contributed by atoms with Gasteiger partial charge in [0.1, 0.15) is 5.71 Å². The van der Waals surface area contributed by atoms with Crippen molar-refractivity contribution < 1.29 is 9.59 Å². The topological polar surface area (TPSA) is 61.8 Å². The smallest absolute Gasteiger partial charge is 0.267 e. The lowest BCUT2D eigenvalue weighted by atomic mass is 10.1. The molecule has 1 heterocycles. The van der Waals surface area contributed by atoms with Crippen molar-refractivity contribution in [2.24, 2.45) is 5.10 Å². The van der Waals surface area contributed by atoms with E-state index < -0.39 is 0 Å². The fourth-order valence-electron chi connectivity index (χ4n) is 2.56. The van der Waals surface area contributed by atoms with Gasteiger partial charge in [-0.2, -0.15) is 5.10 Å². The van der Waals surface area contributed by atoms with Crippen LogP contribution in [0.2, 0.25) is 5.02 Å². The van der Waals surface area contributed by atoms with Gasteiger partial charge in [0.05, 0.1) is 0 Å². The maximum Gasteiger partial charge on any atom is 0.267 e. The predicted molar refractivity (Wildman–Crippen MR) is 80.2 cm³/mol. The molecule has 0 spiro atoms. The number of hydrogen-bond donors (Lipinski definition) is 1. The molecule has 6 heteroatoms. The zero-order chi connectivity index (χ0) is 15.0. The summed E-state index contributed by atoms with van der Waals surface area (Å²) in [5.74, 6) is 0.0204. The Bertz CT molecular complexity index is 629. The van der Waals surface area contributed by atoms with Crippen molar-refractivity contribution in [2.75, 3.05) is 7.05 Å². The minimum absolute atomic E-state index is 0.0630. The Morgan fingerprint density at radius 2 is 2.14 bits per heavy atom. The molecule has 2 aliphatic rings. The second-order valence-electron chi connectivity index (χ2n) is 5.41. The fraction of sp³-hybridized carbons (Fsp3) is 0.400. The zero-order valence-corrected chi connectivity index (χ0v) is 12.4. The summed E-state index contributed by atoms with van der Waals surface area (Å²) in [5.41, 5.74) is 1.49. The van der Waals surface area contributed by atoms with Crippen molar-refractivity contribution in [2.45, 2.75) is 31.2 Å². The molecule has 1 aliphatic carbocycles. The number of halogens is 1. The minimum Gasteiger partial charge on any atom is -0.348 e. The number of nitrogens with zero attached hydrogens (tertiary/aromatic N) is 2. The molecule has 0 aromatic heterocycles. The standard InChI is InChI=1S/C15H16ClN3O2/c1-19-14(20)7-6-12(18-19)15(21)17-13-8-10(13)9-4-2-3-5-11(9)16/h2-5,10,13H,6-8H2,1H3,(H,17,21)/t10-,13-/m1/s1. The summed E-state index contributed by atoms with van der Waals surface area (Å²) >= 11 is 6.16. The first-order chi connectivity index (χ1) is 10.1. The van der Waals surface area contributed by atoms with Crippen molar-refractivity contribution >= 4 is 29.1 Å². The van der Waals surface area contributed by atoms with Gasteiger partial charge in [-0.1, -0.05) is 29.8 Å². The molecular weight excluding hydrogens is 290 g/mol. The Labute approximate surface area is 128 Å². The monoisotopic (exact) mass is 305 g/mol. The summed E-state index contributed by atoms with van der Waals surface area (Å²) in [6, 6.07) is 7.79. The molecule has 1 aromatic carbocycles. The molecule has 110 valence electrons. The molecular formula is C15H16ClN3O2. The van der Waals surface area contributed by atoms with Crippen LogP contribution in [0.4, 0.5) is 0 Å². The molecule has 0 bridgehead atoms. The van der Waals surface area contributed by atoms with Gasteiger partial charge < -0.3 is 5.32 Å². The maximum atomic E-state index is 12.1. The van der Waals surface area contributed by atoms with Crippen molar-refractivity contribution in [3.63, 3.8) is 0 Å². The van der Waals surface area contributed by atoms with Gasteiger partial charge in [0.15, 0.2) is 0 Å². The molecule has 2 amide bonds. The lowest BCUT2D eigenvalue weighted by Crippen LogP contribution is -2.38. The lowest BCUT2D eigenvalue weighted by Gasteiger charge is -2.18. The largest absolute Gasteiger partial charge is 0.348 e. The van der Waals surface area contributed by atoms with Gasteiger partial charge in [-0.3, -0.25) is 9.59 Å². The number of amides is 2. The van der Waals surface area contributed by atoms with Crippen LogP contribution in [0, 0.1) is 0 Å². The molecule has 1 N–H and O–H groups in total. The summed E-state index contributed by atoms with van der Waals surface area (Å²) in [4.78, 5) is 23.5. The van der Waals surface area contributed by atoms with Gasteiger partial charge in [-0.05, 0) is 18.1 Å². The van der Waals surface area contributed by atoms with Crippen LogP contribution in [-0.4, -0.2) is 35.6 Å². The van der Waals surface area contributed by atoms with Crippen LogP contribution in [0.1, 0.15) is 30.7 Å². The van der Waals surface area contributed by atoms with E-state index >= 15 is 0 Å². The molecule has 0 saturated heterocycles. The Morgan fingerprint density at radius 3 is 2.86 bits per heavy atom. The molecule has 1 aromatic rings. The van der Waals surface area contributed by atoms with Crippen LogP contribution in [0.3, 0.4) is 0 Å². The molecule has 0 radical (unpaired) electrons. The van der Waals surface area contributed by atoms with E-state index in [9.17, 15) is 9.59 Å². The summed E-state index contributed by atoms with van der Waals surface area (Å²) in [6.07, 6.45) is 1.62. The minimum atomic E-state index is -0.186. The second kappa shape index (κ2) is 5.48. The number of benzene rings is 1. The van der Waals surface area contributed by atoms with Crippen LogP contribution in [0.25, 0.3) is 0 Å². The molecule has 1 fully saturated rings. The Hall–Kier alpha value is -1.88. The molecule has 21 heavy (non-hydrogen) atoms. The molecule has 0 unspecified atom stereocenters. The van der Waals surface area contributed by atoms with Gasteiger partial charge in [0.2, 0.25) is 5.91 Å². The van der Waals surface area contributed by atoms with Crippen molar-refractivity contribution in [1.82, 2.24) is 10.3 Å². The van der Waals surface area contributed by atoms with Crippen LogP contribution in [-0.2, 0) is 9.59 Å². The number of carbonyl (C=O) groups excluding carboxylic acids is 2. The second-order valence-corrected chi connectivity index (χ2v) is 5.81. The highest BCUT2D eigenvalue weighted by Crippen LogP contribution is 2.43. The lowest BCUT2D eigenvalue weighted by molar-refractivity contribution is -0.130. The van der Waals surface area contributed by atoms with Crippen LogP contribution in [0.5, 0.6) is 0 Å². The van der Waals surface area contributed by atoms with E-state index in [1.807, 2.05) is 24.3 Å². The highest BCUT2D eigenvalue weighted by molar-refractivity contribution is 6.39. The van der Waals surface area contributed by atoms with Gasteiger partial charge in [-0.15, -0.1) is 0 Å². The third-order valence-corrected chi connectivity index (χ3v) is 4.23. The van der Waals surface area contributed by atoms with Crippen molar-refractivity contribution in [3.05, 3.63) is 34.9 Å². The number of rotatable bonds is 3. The number of carbonyl (C=O) groups is 2. The summed E-state index contributed by atoms with van der Waals surface area (Å²) in [7, 11) is 1.57. The number of hydrogen-bond acceptors (Lipinski definition) is 3. The van der Waals surface area contributed by atoms with Crippen LogP contribution < -0.4 is 5.32 Å². The zero-order valence-electron chi connectivity index (χ0n) is 11.7. The number of nitrogens with one attached hydrogen (secondary N) is 1. The Balaban J connectivity index is 1.62. The SMILES string of the molecule is CN1N=C(C(=O)N[C@@H]2C[C@@H]2c2ccccc2Cl)CCC1=O. The fourth-order valence-corrected chi connectivity index (χ4v) is 2.83. The van der Waals surface area contributed by atoms with Gasteiger partial charge >= 0.3 is 0 Å². The Morgan fingerprint density at radius 1 is 1.38 bits per heavy atom. The highest BCUT2D eigenvalue weighted by Gasteiger charge is 2.41. The molecule has 3 rings (SSSR count). The first kappa shape index (κ1) is 14.1. The van der Waals surface area contributed by atoms with Crippen molar-refractivity contribution in [1.29, 1.82) is 0 Å². The summed E-state index contributed by atoms with van der Waals surface area (Å²) < 4.78 is 0. The van der Waals surface area contributed by atoms with E-state index in [1.54, 1.807) is 7.05 Å². The van der Waals surface area contributed by atoms with Gasteiger partial charge in [0, 0.05) is 36.9 Å². The van der Waals surface area contributed by atoms with Crippen LogP contribution >= 0.6 is 11.6 Å². The number of hydrazone groups is 1. The average Bonchev–Trinajstić information content (AvgIpc) is 3.21. The summed E-state index contributed by atoms with van der Waals surface area (Å²) in [6.45, 7) is 0.